The molecule has 1 aliphatic heterocycles. The van der Waals surface area contributed by atoms with E-state index in [4.69, 9.17) is 26.3 Å². The number of hydrogen-bond acceptors (Lipinski definition) is 3. The first kappa shape index (κ1) is 9.88. The highest BCUT2D eigenvalue weighted by atomic mass is 35.5. The highest BCUT2D eigenvalue weighted by molar-refractivity contribution is 6.49. The quantitative estimate of drug-likeness (QED) is 0.685. The molecule has 1 aromatic carbocycles. The normalized spacial score (nSPS) is 14.5. The zero-order chi connectivity index (χ0) is 10.7. The summed E-state index contributed by atoms with van der Waals surface area (Å²) in [5.41, 5.74) is 0.752. The molecule has 1 heterocycles. The van der Waals surface area contributed by atoms with Crippen LogP contribution in [0.3, 0.4) is 0 Å². The molecular formula is C11H8ClNO2. The summed E-state index contributed by atoms with van der Waals surface area (Å²) in [5.74, 6) is 1.38. The molecule has 15 heavy (non-hydrogen) atoms. The van der Waals surface area contributed by atoms with Crippen molar-refractivity contribution in [3.05, 3.63) is 29.8 Å². The Morgan fingerprint density at radius 3 is 2.80 bits per heavy atom. The fraction of sp³-hybridized carbons (Fsp3) is 0.182. The summed E-state index contributed by atoms with van der Waals surface area (Å²) >= 11 is 5.89. The smallest absolute Gasteiger partial charge is 0.162 e. The van der Waals surface area contributed by atoms with Gasteiger partial charge in [-0.2, -0.15) is 5.26 Å². The number of rotatable bonds is 1. The van der Waals surface area contributed by atoms with Crippen LogP contribution in [0.2, 0.25) is 0 Å². The van der Waals surface area contributed by atoms with Crippen LogP contribution >= 0.6 is 11.6 Å². The third-order valence-corrected chi connectivity index (χ3v) is 2.34. The molecule has 76 valence electrons. The van der Waals surface area contributed by atoms with Crippen molar-refractivity contribution in [1.29, 1.82) is 5.26 Å². The molecule has 0 spiro atoms. The summed E-state index contributed by atoms with van der Waals surface area (Å²) < 4.78 is 10.8. The van der Waals surface area contributed by atoms with Gasteiger partial charge in [0.25, 0.3) is 0 Å². The predicted molar refractivity (Wildman–Crippen MR) is 56.9 cm³/mol. The lowest BCUT2D eigenvalue weighted by molar-refractivity contribution is 0.171. The fourth-order valence-electron chi connectivity index (χ4n) is 1.33. The topological polar surface area (TPSA) is 42.2 Å². The summed E-state index contributed by atoms with van der Waals surface area (Å²) in [7, 11) is 0. The van der Waals surface area contributed by atoms with Crippen molar-refractivity contribution in [2.45, 2.75) is 0 Å². The van der Waals surface area contributed by atoms with Gasteiger partial charge in [-0.25, -0.2) is 0 Å². The van der Waals surface area contributed by atoms with Crippen LogP contribution < -0.4 is 9.47 Å². The molecule has 0 bridgehead atoms. The molecule has 0 atom stereocenters. The van der Waals surface area contributed by atoms with Gasteiger partial charge in [0.15, 0.2) is 11.5 Å². The van der Waals surface area contributed by atoms with E-state index in [1.165, 1.54) is 6.08 Å². The molecule has 0 saturated heterocycles. The van der Waals surface area contributed by atoms with Crippen molar-refractivity contribution in [1.82, 2.24) is 0 Å². The van der Waals surface area contributed by atoms with E-state index in [1.54, 1.807) is 18.2 Å². The number of allylic oxidation sites excluding steroid dienone is 1. The maximum absolute atomic E-state index is 8.47. The highest BCUT2D eigenvalue weighted by Crippen LogP contribution is 2.33. The van der Waals surface area contributed by atoms with Crippen molar-refractivity contribution in [3.8, 4) is 17.6 Å². The minimum atomic E-state index is 0.398. The second-order valence-electron chi connectivity index (χ2n) is 2.98. The molecule has 4 heteroatoms. The zero-order valence-electron chi connectivity index (χ0n) is 7.87. The minimum absolute atomic E-state index is 0.398. The molecule has 0 amide bonds. The van der Waals surface area contributed by atoms with E-state index in [1.807, 2.05) is 6.07 Å². The van der Waals surface area contributed by atoms with E-state index < -0.39 is 0 Å². The summed E-state index contributed by atoms with van der Waals surface area (Å²) in [6.45, 7) is 1.10. The number of hydrogen-bond donors (Lipinski definition) is 0. The summed E-state index contributed by atoms with van der Waals surface area (Å²) in [4.78, 5) is 0. The maximum Gasteiger partial charge on any atom is 0.162 e. The molecule has 3 nitrogen and oxygen atoms in total. The van der Waals surface area contributed by atoms with Crippen LogP contribution in [0.15, 0.2) is 24.3 Å². The number of nitriles is 1. The van der Waals surface area contributed by atoms with Crippen LogP contribution in [0.4, 0.5) is 0 Å². The average Bonchev–Trinajstić information content (AvgIpc) is 2.29. The Bertz CT molecular complexity index is 448. The van der Waals surface area contributed by atoms with E-state index in [9.17, 15) is 0 Å². The van der Waals surface area contributed by atoms with Crippen LogP contribution in [-0.2, 0) is 0 Å². The lowest BCUT2D eigenvalue weighted by Crippen LogP contribution is -2.15. The van der Waals surface area contributed by atoms with Crippen LogP contribution in [-0.4, -0.2) is 13.2 Å². The molecule has 1 aliphatic rings. The molecule has 0 aliphatic carbocycles. The summed E-state index contributed by atoms with van der Waals surface area (Å²) in [5, 5.41) is 8.87. The molecule has 1 aromatic rings. The SMILES string of the molecule is N#C/C=C(\Cl)c1ccc2c(c1)OCCO2. The highest BCUT2D eigenvalue weighted by Gasteiger charge is 2.12. The Labute approximate surface area is 92.5 Å². The Morgan fingerprint density at radius 1 is 1.33 bits per heavy atom. The van der Waals surface area contributed by atoms with Gasteiger partial charge in [-0.3, -0.25) is 0 Å². The van der Waals surface area contributed by atoms with Crippen molar-refractivity contribution < 1.29 is 9.47 Å². The minimum Gasteiger partial charge on any atom is -0.486 e. The largest absolute Gasteiger partial charge is 0.486 e. The van der Waals surface area contributed by atoms with Gasteiger partial charge in [0.05, 0.1) is 11.1 Å². The Kier molecular flexibility index (Phi) is 2.79. The van der Waals surface area contributed by atoms with Crippen LogP contribution in [0.1, 0.15) is 5.56 Å². The lowest BCUT2D eigenvalue weighted by Gasteiger charge is -2.18. The van der Waals surface area contributed by atoms with Gasteiger partial charge in [0, 0.05) is 6.08 Å². The summed E-state index contributed by atoms with van der Waals surface area (Å²) in [6, 6.07) is 7.23. The number of halogens is 1. The first-order chi connectivity index (χ1) is 7.31. The molecule has 2 rings (SSSR count). The van der Waals surface area contributed by atoms with E-state index in [0.29, 0.717) is 29.7 Å². The Morgan fingerprint density at radius 2 is 2.07 bits per heavy atom. The van der Waals surface area contributed by atoms with Crippen molar-refractivity contribution in [2.24, 2.45) is 0 Å². The fourth-order valence-corrected chi connectivity index (χ4v) is 1.50. The van der Waals surface area contributed by atoms with Gasteiger partial charge in [-0.1, -0.05) is 11.6 Å². The second-order valence-corrected chi connectivity index (χ2v) is 3.39. The first-order valence-corrected chi connectivity index (χ1v) is 4.84. The zero-order valence-corrected chi connectivity index (χ0v) is 8.62. The molecule has 0 unspecified atom stereocenters. The van der Waals surface area contributed by atoms with Gasteiger partial charge in [0.2, 0.25) is 0 Å². The van der Waals surface area contributed by atoms with E-state index in [0.717, 1.165) is 5.56 Å². The van der Waals surface area contributed by atoms with Crippen LogP contribution in [0.5, 0.6) is 11.5 Å². The van der Waals surface area contributed by atoms with Gasteiger partial charge in [-0.15, -0.1) is 0 Å². The third-order valence-electron chi connectivity index (χ3n) is 2.01. The second kappa shape index (κ2) is 4.24. The number of fused-ring (bicyclic) bond motifs is 1. The van der Waals surface area contributed by atoms with Crippen molar-refractivity contribution in [3.63, 3.8) is 0 Å². The van der Waals surface area contributed by atoms with Gasteiger partial charge < -0.3 is 9.47 Å². The molecule has 0 saturated carbocycles. The first-order valence-electron chi connectivity index (χ1n) is 4.46. The molecule has 0 fully saturated rings. The van der Waals surface area contributed by atoms with Gasteiger partial charge in [-0.05, 0) is 23.8 Å². The van der Waals surface area contributed by atoms with E-state index in [2.05, 4.69) is 0 Å². The lowest BCUT2D eigenvalue weighted by atomic mass is 10.2. The molecule has 0 radical (unpaired) electrons. The molecule has 0 aromatic heterocycles. The van der Waals surface area contributed by atoms with Crippen molar-refractivity contribution in [2.75, 3.05) is 13.2 Å². The van der Waals surface area contributed by atoms with Crippen LogP contribution in [0, 0.1) is 11.3 Å². The summed E-state index contributed by atoms with van der Waals surface area (Å²) in [6.07, 6.45) is 1.28. The Balaban J connectivity index is 2.37. The standard InChI is InChI=1S/C11H8ClNO2/c12-9(3-4-13)8-1-2-10-11(7-8)15-6-5-14-10/h1-3,7H,5-6H2/b9-3-. The van der Waals surface area contributed by atoms with E-state index in [-0.39, 0.29) is 0 Å². The van der Waals surface area contributed by atoms with E-state index >= 15 is 0 Å². The third kappa shape index (κ3) is 2.05. The monoisotopic (exact) mass is 221 g/mol. The predicted octanol–water partition coefficient (Wildman–Crippen LogP) is 2.56. The number of nitrogens with zero attached hydrogens (tertiary/aromatic N) is 1. The van der Waals surface area contributed by atoms with Gasteiger partial charge >= 0.3 is 0 Å². The molecular weight excluding hydrogens is 214 g/mol. The number of ether oxygens (including phenoxy) is 2. The number of benzene rings is 1. The van der Waals surface area contributed by atoms with Gasteiger partial charge in [0.1, 0.15) is 13.2 Å². The van der Waals surface area contributed by atoms with Crippen LogP contribution in [0.25, 0.3) is 5.03 Å². The average molecular weight is 222 g/mol. The maximum atomic E-state index is 8.47. The molecule has 0 N–H and O–H groups in total. The Hall–Kier alpha value is -1.66. The van der Waals surface area contributed by atoms with Crippen molar-refractivity contribution >= 4 is 16.6 Å².